The summed E-state index contributed by atoms with van der Waals surface area (Å²) in [5, 5.41) is 0. The van der Waals surface area contributed by atoms with E-state index < -0.39 is 5.60 Å². The molecule has 1 unspecified atom stereocenters. The molecular formula is C10H18O2. The first-order valence-electron chi connectivity index (χ1n) is 4.57. The summed E-state index contributed by atoms with van der Waals surface area (Å²) in [6, 6.07) is 0. The van der Waals surface area contributed by atoms with E-state index in [1.54, 1.807) is 6.92 Å². The third-order valence-electron chi connectivity index (χ3n) is 2.68. The van der Waals surface area contributed by atoms with Gasteiger partial charge in [0.05, 0.1) is 5.60 Å². The average Bonchev–Trinajstić information content (AvgIpc) is 1.83. The first-order chi connectivity index (χ1) is 5.36. The van der Waals surface area contributed by atoms with Gasteiger partial charge in [0.1, 0.15) is 5.60 Å². The van der Waals surface area contributed by atoms with E-state index in [2.05, 4.69) is 0 Å². The summed E-state index contributed by atoms with van der Waals surface area (Å²) >= 11 is 0. The van der Waals surface area contributed by atoms with Crippen molar-refractivity contribution in [3.8, 4) is 0 Å². The highest BCUT2D eigenvalue weighted by atomic mass is 16.5. The number of rotatable bonds is 1. The van der Waals surface area contributed by atoms with Gasteiger partial charge in [0.25, 0.3) is 0 Å². The van der Waals surface area contributed by atoms with Crippen LogP contribution in [0.2, 0.25) is 0 Å². The summed E-state index contributed by atoms with van der Waals surface area (Å²) in [6.07, 6.45) is 3.00. The number of Topliss-reactive ketones (excluding diaryl/α,β-unsaturated/α-hetero) is 1. The van der Waals surface area contributed by atoms with Crippen LogP contribution in [-0.4, -0.2) is 17.0 Å². The summed E-state index contributed by atoms with van der Waals surface area (Å²) in [6.45, 7) is 7.61. The molecule has 0 N–H and O–H groups in total. The van der Waals surface area contributed by atoms with Crippen LogP contribution in [0.4, 0.5) is 0 Å². The molecule has 0 saturated carbocycles. The lowest BCUT2D eigenvalue weighted by Gasteiger charge is -2.41. The van der Waals surface area contributed by atoms with Gasteiger partial charge in [0.15, 0.2) is 5.78 Å². The first kappa shape index (κ1) is 9.72. The van der Waals surface area contributed by atoms with Gasteiger partial charge in [-0.05, 0) is 47.0 Å². The molecule has 1 atom stereocenters. The van der Waals surface area contributed by atoms with E-state index in [1.165, 1.54) is 0 Å². The molecule has 1 heterocycles. The summed E-state index contributed by atoms with van der Waals surface area (Å²) in [7, 11) is 0. The Morgan fingerprint density at radius 1 is 1.25 bits per heavy atom. The van der Waals surface area contributed by atoms with Gasteiger partial charge in [0.2, 0.25) is 0 Å². The van der Waals surface area contributed by atoms with Gasteiger partial charge in [-0.3, -0.25) is 4.79 Å². The van der Waals surface area contributed by atoms with Gasteiger partial charge in [0, 0.05) is 0 Å². The van der Waals surface area contributed by atoms with E-state index in [9.17, 15) is 4.79 Å². The van der Waals surface area contributed by atoms with Gasteiger partial charge in [-0.2, -0.15) is 0 Å². The number of ketones is 1. The molecule has 0 amide bonds. The second kappa shape index (κ2) is 2.84. The zero-order valence-corrected chi connectivity index (χ0v) is 8.44. The second-order valence-corrected chi connectivity index (χ2v) is 4.50. The Kier molecular flexibility index (Phi) is 2.30. The van der Waals surface area contributed by atoms with Crippen molar-refractivity contribution in [3.05, 3.63) is 0 Å². The van der Waals surface area contributed by atoms with Crippen LogP contribution in [-0.2, 0) is 9.53 Å². The quantitative estimate of drug-likeness (QED) is 0.603. The van der Waals surface area contributed by atoms with E-state index >= 15 is 0 Å². The summed E-state index contributed by atoms with van der Waals surface area (Å²) in [5.41, 5.74) is -0.652. The minimum absolute atomic E-state index is 0.126. The van der Waals surface area contributed by atoms with Crippen LogP contribution in [0, 0.1) is 0 Å². The van der Waals surface area contributed by atoms with Crippen molar-refractivity contribution in [2.45, 2.75) is 58.2 Å². The van der Waals surface area contributed by atoms with Crippen molar-refractivity contribution < 1.29 is 9.53 Å². The molecule has 1 aliphatic heterocycles. The Morgan fingerprint density at radius 2 is 1.83 bits per heavy atom. The maximum Gasteiger partial charge on any atom is 0.161 e. The fourth-order valence-corrected chi connectivity index (χ4v) is 1.81. The lowest BCUT2D eigenvalue weighted by Crippen LogP contribution is -2.47. The maximum atomic E-state index is 11.3. The van der Waals surface area contributed by atoms with E-state index in [0.717, 1.165) is 19.3 Å². The predicted molar refractivity (Wildman–Crippen MR) is 48.1 cm³/mol. The monoisotopic (exact) mass is 170 g/mol. The number of hydrogen-bond donors (Lipinski definition) is 0. The molecule has 1 rings (SSSR count). The Balaban J connectivity index is 2.74. The van der Waals surface area contributed by atoms with Crippen LogP contribution >= 0.6 is 0 Å². The lowest BCUT2D eigenvalue weighted by atomic mass is 9.86. The highest BCUT2D eigenvalue weighted by molar-refractivity contribution is 5.84. The Morgan fingerprint density at radius 3 is 2.17 bits per heavy atom. The topological polar surface area (TPSA) is 26.3 Å². The highest BCUT2D eigenvalue weighted by Gasteiger charge is 2.40. The van der Waals surface area contributed by atoms with Gasteiger partial charge in [-0.25, -0.2) is 0 Å². The molecule has 0 spiro atoms. The van der Waals surface area contributed by atoms with Gasteiger partial charge in [-0.15, -0.1) is 0 Å². The summed E-state index contributed by atoms with van der Waals surface area (Å²) in [5.74, 6) is 0.148. The molecule has 0 aromatic carbocycles. The average molecular weight is 170 g/mol. The normalized spacial score (nSPS) is 34.7. The minimum Gasteiger partial charge on any atom is -0.362 e. The van der Waals surface area contributed by atoms with Gasteiger partial charge >= 0.3 is 0 Å². The molecule has 2 nitrogen and oxygen atoms in total. The zero-order valence-electron chi connectivity index (χ0n) is 8.44. The van der Waals surface area contributed by atoms with Crippen molar-refractivity contribution in [1.82, 2.24) is 0 Å². The third kappa shape index (κ3) is 1.86. The molecule has 70 valence electrons. The van der Waals surface area contributed by atoms with E-state index in [4.69, 9.17) is 4.74 Å². The van der Waals surface area contributed by atoms with Crippen molar-refractivity contribution in [2.24, 2.45) is 0 Å². The molecule has 0 aliphatic carbocycles. The molecule has 0 aromatic rings. The van der Waals surface area contributed by atoms with Crippen LogP contribution in [0.1, 0.15) is 47.0 Å². The molecule has 1 aliphatic rings. The van der Waals surface area contributed by atoms with Crippen LogP contribution in [0.25, 0.3) is 0 Å². The Bertz CT molecular complexity index is 196. The standard InChI is InChI=1S/C10H18O2/c1-8(11)10(4)7-5-6-9(2,3)12-10/h5-7H2,1-4H3. The lowest BCUT2D eigenvalue weighted by molar-refractivity contribution is -0.178. The van der Waals surface area contributed by atoms with Crippen LogP contribution in [0.3, 0.4) is 0 Å². The van der Waals surface area contributed by atoms with Crippen molar-refractivity contribution in [1.29, 1.82) is 0 Å². The smallest absolute Gasteiger partial charge is 0.161 e. The van der Waals surface area contributed by atoms with Crippen molar-refractivity contribution >= 4 is 5.78 Å². The first-order valence-corrected chi connectivity index (χ1v) is 4.57. The van der Waals surface area contributed by atoms with Crippen LogP contribution in [0.5, 0.6) is 0 Å². The summed E-state index contributed by atoms with van der Waals surface area (Å²) in [4.78, 5) is 11.3. The number of hydrogen-bond acceptors (Lipinski definition) is 2. The summed E-state index contributed by atoms with van der Waals surface area (Å²) < 4.78 is 5.77. The van der Waals surface area contributed by atoms with Crippen LogP contribution < -0.4 is 0 Å². The zero-order chi connectivity index (χ0) is 9.41. The fraction of sp³-hybridized carbons (Fsp3) is 0.900. The molecular weight excluding hydrogens is 152 g/mol. The van der Waals surface area contributed by atoms with Crippen LogP contribution in [0.15, 0.2) is 0 Å². The molecule has 0 radical (unpaired) electrons. The molecule has 0 bridgehead atoms. The largest absolute Gasteiger partial charge is 0.362 e. The molecule has 2 heteroatoms. The second-order valence-electron chi connectivity index (χ2n) is 4.50. The van der Waals surface area contributed by atoms with E-state index in [0.29, 0.717) is 0 Å². The van der Waals surface area contributed by atoms with E-state index in [1.807, 2.05) is 20.8 Å². The third-order valence-corrected chi connectivity index (χ3v) is 2.68. The van der Waals surface area contributed by atoms with E-state index in [-0.39, 0.29) is 11.4 Å². The maximum absolute atomic E-state index is 11.3. The Labute approximate surface area is 74.3 Å². The van der Waals surface area contributed by atoms with Crippen molar-refractivity contribution in [2.75, 3.05) is 0 Å². The Hall–Kier alpha value is -0.370. The van der Waals surface area contributed by atoms with Gasteiger partial charge < -0.3 is 4.74 Å². The van der Waals surface area contributed by atoms with Crippen molar-refractivity contribution in [3.63, 3.8) is 0 Å². The molecule has 1 saturated heterocycles. The molecule has 12 heavy (non-hydrogen) atoms. The highest BCUT2D eigenvalue weighted by Crippen LogP contribution is 2.35. The number of carbonyl (C=O) groups excluding carboxylic acids is 1. The molecule has 0 aromatic heterocycles. The fourth-order valence-electron chi connectivity index (χ4n) is 1.81. The number of carbonyl (C=O) groups is 1. The predicted octanol–water partition coefficient (Wildman–Crippen LogP) is 2.31. The number of ether oxygens (including phenoxy) is 1. The molecule has 1 fully saturated rings. The minimum atomic E-state index is -0.526. The van der Waals surface area contributed by atoms with Gasteiger partial charge in [-0.1, -0.05) is 0 Å². The SMILES string of the molecule is CC(=O)C1(C)CCCC(C)(C)O1.